The van der Waals surface area contributed by atoms with Crippen LogP contribution in [0.1, 0.15) is 46.0 Å². The van der Waals surface area contributed by atoms with Crippen molar-refractivity contribution in [2.24, 2.45) is 5.92 Å². The highest BCUT2D eigenvalue weighted by atomic mass is 16.2. The van der Waals surface area contributed by atoms with E-state index in [1.165, 1.54) is 4.90 Å². The van der Waals surface area contributed by atoms with E-state index >= 15 is 0 Å². The Balaban J connectivity index is 1.61. The zero-order valence-electron chi connectivity index (χ0n) is 13.9. The van der Waals surface area contributed by atoms with Gasteiger partial charge in [0.05, 0.1) is 0 Å². The van der Waals surface area contributed by atoms with Crippen LogP contribution in [-0.2, 0) is 16.1 Å². The van der Waals surface area contributed by atoms with Crippen molar-refractivity contribution in [1.29, 1.82) is 0 Å². The number of carbonyl (C=O) groups is 4. The van der Waals surface area contributed by atoms with Crippen molar-refractivity contribution in [3.05, 3.63) is 34.9 Å². The first-order chi connectivity index (χ1) is 12.0. The molecule has 0 aliphatic carbocycles. The van der Waals surface area contributed by atoms with Crippen LogP contribution in [0.4, 0.5) is 0 Å². The van der Waals surface area contributed by atoms with E-state index in [1.807, 2.05) is 0 Å². The Morgan fingerprint density at radius 1 is 1.20 bits per heavy atom. The maximum absolute atomic E-state index is 12.7. The molecule has 1 unspecified atom stereocenters. The third kappa shape index (κ3) is 2.50. The van der Waals surface area contributed by atoms with Crippen LogP contribution in [0, 0.1) is 5.92 Å². The van der Waals surface area contributed by atoms with Crippen LogP contribution in [-0.4, -0.2) is 52.6 Å². The number of nitrogens with one attached hydrogen (secondary N) is 1. The zero-order valence-corrected chi connectivity index (χ0v) is 13.9. The second-order valence-electron chi connectivity index (χ2n) is 7.05. The van der Waals surface area contributed by atoms with Gasteiger partial charge in [0, 0.05) is 37.2 Å². The summed E-state index contributed by atoms with van der Waals surface area (Å²) in [5.41, 5.74) is 1.69. The summed E-state index contributed by atoms with van der Waals surface area (Å²) >= 11 is 0. The van der Waals surface area contributed by atoms with Crippen molar-refractivity contribution < 1.29 is 19.2 Å². The highest BCUT2D eigenvalue weighted by molar-refractivity contribution is 6.07. The summed E-state index contributed by atoms with van der Waals surface area (Å²) < 4.78 is 0. The van der Waals surface area contributed by atoms with Crippen LogP contribution in [0.5, 0.6) is 0 Å². The highest BCUT2D eigenvalue weighted by Gasteiger charge is 2.41. The number of benzene rings is 1. The van der Waals surface area contributed by atoms with Crippen LogP contribution in [0.25, 0.3) is 0 Å². The van der Waals surface area contributed by atoms with Crippen molar-refractivity contribution in [2.45, 2.75) is 32.4 Å². The van der Waals surface area contributed by atoms with Gasteiger partial charge in [0.1, 0.15) is 6.04 Å². The number of imide groups is 1. The Morgan fingerprint density at radius 3 is 2.64 bits per heavy atom. The van der Waals surface area contributed by atoms with Crippen molar-refractivity contribution in [3.63, 3.8) is 0 Å². The molecule has 0 bridgehead atoms. The van der Waals surface area contributed by atoms with Crippen LogP contribution in [0.3, 0.4) is 0 Å². The fraction of sp³-hybridized carbons (Fsp3) is 0.444. The SMILES string of the molecule is CC1CN(C(=O)c2cccc3c2CN(C2CCC(=O)NC2=O)C3=O)C1. The van der Waals surface area contributed by atoms with Gasteiger partial charge in [0.25, 0.3) is 11.8 Å². The molecule has 2 saturated heterocycles. The normalized spacial score (nSPS) is 23.4. The van der Waals surface area contributed by atoms with Gasteiger partial charge < -0.3 is 9.80 Å². The molecule has 0 aromatic heterocycles. The molecule has 4 rings (SSSR count). The molecule has 7 heteroatoms. The molecule has 1 aromatic carbocycles. The highest BCUT2D eigenvalue weighted by Crippen LogP contribution is 2.31. The summed E-state index contributed by atoms with van der Waals surface area (Å²) in [6.45, 7) is 3.78. The van der Waals surface area contributed by atoms with Crippen LogP contribution >= 0.6 is 0 Å². The van der Waals surface area contributed by atoms with E-state index in [9.17, 15) is 19.2 Å². The van der Waals surface area contributed by atoms with E-state index in [1.54, 1.807) is 23.1 Å². The summed E-state index contributed by atoms with van der Waals surface area (Å²) in [7, 11) is 0. The molecular formula is C18H19N3O4. The number of hydrogen-bond donors (Lipinski definition) is 1. The Bertz CT molecular complexity index is 798. The lowest BCUT2D eigenvalue weighted by Gasteiger charge is -2.37. The van der Waals surface area contributed by atoms with Gasteiger partial charge in [-0.15, -0.1) is 0 Å². The van der Waals surface area contributed by atoms with Gasteiger partial charge >= 0.3 is 0 Å². The molecule has 0 saturated carbocycles. The number of fused-ring (bicyclic) bond motifs is 1. The summed E-state index contributed by atoms with van der Waals surface area (Å²) in [5.74, 6) is -0.568. The Kier molecular flexibility index (Phi) is 3.59. The molecule has 3 heterocycles. The van der Waals surface area contributed by atoms with E-state index in [0.29, 0.717) is 29.0 Å². The first-order valence-electron chi connectivity index (χ1n) is 8.51. The Labute approximate surface area is 145 Å². The third-order valence-corrected chi connectivity index (χ3v) is 5.16. The van der Waals surface area contributed by atoms with E-state index in [4.69, 9.17) is 0 Å². The maximum atomic E-state index is 12.7. The number of carbonyl (C=O) groups excluding carboxylic acids is 4. The van der Waals surface area contributed by atoms with Gasteiger partial charge in [-0.25, -0.2) is 0 Å². The van der Waals surface area contributed by atoms with Crippen LogP contribution < -0.4 is 5.32 Å². The standard InChI is InChI=1S/C18H19N3O4/c1-10-7-20(8-10)17(24)11-3-2-4-12-13(11)9-21(18(12)25)14-5-6-15(22)19-16(14)23/h2-4,10,14H,5-9H2,1H3,(H,19,22,23). The summed E-state index contributed by atoms with van der Waals surface area (Å²) in [5, 5.41) is 2.29. The number of nitrogens with zero attached hydrogens (tertiary/aromatic N) is 2. The fourth-order valence-corrected chi connectivity index (χ4v) is 3.82. The van der Waals surface area contributed by atoms with Crippen molar-refractivity contribution in [2.75, 3.05) is 13.1 Å². The average molecular weight is 341 g/mol. The first kappa shape index (κ1) is 15.8. The monoisotopic (exact) mass is 341 g/mol. The van der Waals surface area contributed by atoms with E-state index in [2.05, 4.69) is 12.2 Å². The minimum Gasteiger partial charge on any atom is -0.338 e. The molecule has 3 aliphatic rings. The van der Waals surface area contributed by atoms with Gasteiger partial charge in [-0.3, -0.25) is 24.5 Å². The van der Waals surface area contributed by atoms with Gasteiger partial charge in [0.2, 0.25) is 11.8 Å². The Hall–Kier alpha value is -2.70. The topological polar surface area (TPSA) is 86.8 Å². The molecule has 0 spiro atoms. The number of hydrogen-bond acceptors (Lipinski definition) is 4. The molecule has 1 N–H and O–H groups in total. The van der Waals surface area contributed by atoms with Gasteiger partial charge in [0.15, 0.2) is 0 Å². The predicted octanol–water partition coefficient (Wildman–Crippen LogP) is 0.539. The quantitative estimate of drug-likeness (QED) is 0.796. The second-order valence-corrected chi connectivity index (χ2v) is 7.05. The molecule has 1 aromatic rings. The van der Waals surface area contributed by atoms with E-state index < -0.39 is 11.9 Å². The van der Waals surface area contributed by atoms with Gasteiger partial charge in [-0.1, -0.05) is 13.0 Å². The predicted molar refractivity (Wildman–Crippen MR) is 87.6 cm³/mol. The van der Waals surface area contributed by atoms with E-state index in [-0.39, 0.29) is 30.7 Å². The fourth-order valence-electron chi connectivity index (χ4n) is 3.82. The Morgan fingerprint density at radius 2 is 1.96 bits per heavy atom. The van der Waals surface area contributed by atoms with Crippen LogP contribution in [0.2, 0.25) is 0 Å². The van der Waals surface area contributed by atoms with Crippen molar-refractivity contribution in [1.82, 2.24) is 15.1 Å². The largest absolute Gasteiger partial charge is 0.338 e. The molecule has 25 heavy (non-hydrogen) atoms. The molecule has 2 fully saturated rings. The van der Waals surface area contributed by atoms with Crippen LogP contribution in [0.15, 0.2) is 18.2 Å². The van der Waals surface area contributed by atoms with Gasteiger partial charge in [-0.05, 0) is 30.0 Å². The molecule has 1 atom stereocenters. The minimum absolute atomic E-state index is 0.0622. The number of amides is 4. The molecular weight excluding hydrogens is 322 g/mol. The lowest BCUT2D eigenvalue weighted by atomic mass is 9.97. The smallest absolute Gasteiger partial charge is 0.255 e. The number of rotatable bonds is 2. The maximum Gasteiger partial charge on any atom is 0.255 e. The summed E-state index contributed by atoms with van der Waals surface area (Å²) in [6, 6.07) is 4.48. The lowest BCUT2D eigenvalue weighted by molar-refractivity contribution is -0.136. The van der Waals surface area contributed by atoms with E-state index in [0.717, 1.165) is 13.1 Å². The second kappa shape index (κ2) is 5.68. The molecule has 7 nitrogen and oxygen atoms in total. The van der Waals surface area contributed by atoms with Crippen molar-refractivity contribution in [3.8, 4) is 0 Å². The molecule has 130 valence electrons. The van der Waals surface area contributed by atoms with Crippen molar-refractivity contribution >= 4 is 23.6 Å². The number of likely N-dealkylation sites (tertiary alicyclic amines) is 1. The lowest BCUT2D eigenvalue weighted by Crippen LogP contribution is -2.52. The third-order valence-electron chi connectivity index (χ3n) is 5.16. The molecule has 0 radical (unpaired) electrons. The minimum atomic E-state index is -0.662. The van der Waals surface area contributed by atoms with Gasteiger partial charge in [-0.2, -0.15) is 0 Å². The summed E-state index contributed by atoms with van der Waals surface area (Å²) in [6.07, 6.45) is 0.533. The average Bonchev–Trinajstić information content (AvgIpc) is 2.88. The molecule has 4 amide bonds. The first-order valence-corrected chi connectivity index (χ1v) is 8.51. The molecule has 3 aliphatic heterocycles. The summed E-state index contributed by atoms with van der Waals surface area (Å²) in [4.78, 5) is 52.1. The zero-order chi connectivity index (χ0) is 17.7. The number of piperidine rings is 1.